The molecule has 0 heterocycles. The quantitative estimate of drug-likeness (QED) is 0.757. The lowest BCUT2D eigenvalue weighted by Gasteiger charge is -2.30. The zero-order valence-electron chi connectivity index (χ0n) is 13.6. The highest BCUT2D eigenvalue weighted by atomic mass is 32.2. The van der Waals surface area contributed by atoms with Crippen LogP contribution in [0, 0.1) is 11.8 Å². The van der Waals surface area contributed by atoms with E-state index in [0.29, 0.717) is 23.2 Å². The average Bonchev–Trinajstić information content (AvgIpc) is 2.36. The van der Waals surface area contributed by atoms with Gasteiger partial charge in [0.15, 0.2) is 0 Å². The number of nitrogens with one attached hydrogen (secondary N) is 1. The molecule has 3 N–H and O–H groups in total. The van der Waals surface area contributed by atoms with Gasteiger partial charge in [0.2, 0.25) is 10.0 Å². The van der Waals surface area contributed by atoms with Crippen LogP contribution < -0.4 is 15.4 Å². The first-order valence-corrected chi connectivity index (χ1v) is 8.73. The third kappa shape index (κ3) is 4.89. The number of anilines is 2. The molecule has 120 valence electrons. The summed E-state index contributed by atoms with van der Waals surface area (Å²) in [6.07, 6.45) is 0. The monoisotopic (exact) mass is 313 g/mol. The van der Waals surface area contributed by atoms with E-state index in [2.05, 4.69) is 37.3 Å². The van der Waals surface area contributed by atoms with Crippen LogP contribution in [0.15, 0.2) is 23.1 Å². The molecule has 0 amide bonds. The summed E-state index contributed by atoms with van der Waals surface area (Å²) in [5.74, 6) is 0.873. The lowest BCUT2D eigenvalue weighted by molar-refractivity contribution is 0.547. The lowest BCUT2D eigenvalue weighted by atomic mass is 10.1. The van der Waals surface area contributed by atoms with Crippen LogP contribution in [0.25, 0.3) is 0 Å². The molecule has 0 saturated carbocycles. The molecule has 0 spiro atoms. The summed E-state index contributed by atoms with van der Waals surface area (Å²) >= 11 is 0. The van der Waals surface area contributed by atoms with E-state index in [0.717, 1.165) is 13.1 Å². The SMILES string of the molecule is CNS(=O)(=O)c1cc(N)ccc1N(CC(C)C)CC(C)C. The maximum Gasteiger partial charge on any atom is 0.242 e. The molecule has 0 radical (unpaired) electrons. The minimum atomic E-state index is -3.54. The van der Waals surface area contributed by atoms with Gasteiger partial charge in [-0.1, -0.05) is 27.7 Å². The molecular formula is C15H27N3O2S. The van der Waals surface area contributed by atoms with Crippen molar-refractivity contribution in [2.45, 2.75) is 32.6 Å². The van der Waals surface area contributed by atoms with Crippen molar-refractivity contribution in [2.24, 2.45) is 11.8 Å². The minimum Gasteiger partial charge on any atom is -0.399 e. The Morgan fingerprint density at radius 2 is 1.67 bits per heavy atom. The second kappa shape index (κ2) is 7.13. The summed E-state index contributed by atoms with van der Waals surface area (Å²) in [7, 11) is -2.13. The third-order valence-electron chi connectivity index (χ3n) is 3.05. The van der Waals surface area contributed by atoms with Gasteiger partial charge in [-0.05, 0) is 37.1 Å². The Kier molecular flexibility index (Phi) is 6.04. The van der Waals surface area contributed by atoms with Crippen molar-refractivity contribution >= 4 is 21.4 Å². The van der Waals surface area contributed by atoms with E-state index in [1.807, 2.05) is 0 Å². The van der Waals surface area contributed by atoms with E-state index in [1.54, 1.807) is 12.1 Å². The largest absolute Gasteiger partial charge is 0.399 e. The first kappa shape index (κ1) is 17.8. The van der Waals surface area contributed by atoms with Gasteiger partial charge in [0, 0.05) is 18.8 Å². The van der Waals surface area contributed by atoms with Gasteiger partial charge in [-0.25, -0.2) is 13.1 Å². The maximum atomic E-state index is 12.3. The predicted octanol–water partition coefficient (Wildman–Crippen LogP) is 2.30. The van der Waals surface area contributed by atoms with Crippen molar-refractivity contribution in [1.82, 2.24) is 4.72 Å². The van der Waals surface area contributed by atoms with Gasteiger partial charge < -0.3 is 10.6 Å². The first-order chi connectivity index (χ1) is 9.67. The molecule has 0 atom stereocenters. The molecule has 1 aromatic carbocycles. The van der Waals surface area contributed by atoms with Crippen LogP contribution in [0.4, 0.5) is 11.4 Å². The molecule has 0 aliphatic rings. The van der Waals surface area contributed by atoms with Gasteiger partial charge in [-0.15, -0.1) is 0 Å². The smallest absolute Gasteiger partial charge is 0.242 e. The fourth-order valence-corrected chi connectivity index (χ4v) is 3.25. The summed E-state index contributed by atoms with van der Waals surface area (Å²) in [4.78, 5) is 2.37. The first-order valence-electron chi connectivity index (χ1n) is 7.25. The van der Waals surface area contributed by atoms with Gasteiger partial charge in [-0.2, -0.15) is 0 Å². The van der Waals surface area contributed by atoms with Gasteiger partial charge in [0.25, 0.3) is 0 Å². The van der Waals surface area contributed by atoms with Crippen molar-refractivity contribution in [3.05, 3.63) is 18.2 Å². The maximum absolute atomic E-state index is 12.3. The number of benzene rings is 1. The average molecular weight is 313 g/mol. The molecule has 0 unspecified atom stereocenters. The van der Waals surface area contributed by atoms with E-state index in [-0.39, 0.29) is 4.90 Å². The predicted molar refractivity (Wildman–Crippen MR) is 89.0 cm³/mol. The van der Waals surface area contributed by atoms with Crippen LogP contribution in [0.5, 0.6) is 0 Å². The van der Waals surface area contributed by atoms with E-state index in [1.165, 1.54) is 13.1 Å². The fourth-order valence-electron chi connectivity index (χ4n) is 2.27. The Bertz CT molecular complexity index is 558. The van der Waals surface area contributed by atoms with Crippen LogP contribution >= 0.6 is 0 Å². The minimum absolute atomic E-state index is 0.242. The van der Waals surface area contributed by atoms with Crippen LogP contribution in [-0.4, -0.2) is 28.6 Å². The van der Waals surface area contributed by atoms with Gasteiger partial charge in [0.05, 0.1) is 5.69 Å². The molecule has 0 aromatic heterocycles. The lowest BCUT2D eigenvalue weighted by Crippen LogP contribution is -2.33. The Morgan fingerprint density at radius 1 is 1.14 bits per heavy atom. The number of nitrogen functional groups attached to an aromatic ring is 1. The number of nitrogens with two attached hydrogens (primary N) is 1. The number of sulfonamides is 1. The number of nitrogens with zero attached hydrogens (tertiary/aromatic N) is 1. The van der Waals surface area contributed by atoms with E-state index >= 15 is 0 Å². The second-order valence-electron chi connectivity index (χ2n) is 6.13. The second-order valence-corrected chi connectivity index (χ2v) is 7.98. The summed E-state index contributed by atoms with van der Waals surface area (Å²) in [6, 6.07) is 5.07. The van der Waals surface area contributed by atoms with Crippen molar-refractivity contribution in [1.29, 1.82) is 0 Å². The summed E-state index contributed by atoms with van der Waals surface area (Å²) in [6.45, 7) is 10.1. The summed E-state index contributed by atoms with van der Waals surface area (Å²) < 4.78 is 26.9. The topological polar surface area (TPSA) is 75.4 Å². The fraction of sp³-hybridized carbons (Fsp3) is 0.600. The molecule has 1 aromatic rings. The normalized spacial score (nSPS) is 12.1. The molecule has 1 rings (SSSR count). The molecule has 0 aliphatic heterocycles. The molecule has 5 nitrogen and oxygen atoms in total. The molecule has 21 heavy (non-hydrogen) atoms. The van der Waals surface area contributed by atoms with E-state index in [4.69, 9.17) is 5.73 Å². The summed E-state index contributed by atoms with van der Waals surface area (Å²) in [5.41, 5.74) is 6.93. The Hall–Kier alpha value is -1.27. The van der Waals surface area contributed by atoms with Gasteiger partial charge >= 0.3 is 0 Å². The van der Waals surface area contributed by atoms with Crippen molar-refractivity contribution < 1.29 is 8.42 Å². The number of rotatable bonds is 7. The van der Waals surface area contributed by atoms with Crippen molar-refractivity contribution in [3.63, 3.8) is 0 Å². The number of hydrogen-bond acceptors (Lipinski definition) is 4. The standard InChI is InChI=1S/C15H27N3O2S/c1-11(2)9-18(10-12(3)4)14-7-6-13(16)8-15(14)21(19,20)17-5/h6-8,11-12,17H,9-10,16H2,1-5H3. The molecule has 0 saturated heterocycles. The zero-order chi connectivity index (χ0) is 16.2. The van der Waals surface area contributed by atoms with Crippen LogP contribution in [0.3, 0.4) is 0 Å². The Morgan fingerprint density at radius 3 is 2.10 bits per heavy atom. The van der Waals surface area contributed by atoms with Crippen molar-refractivity contribution in [3.8, 4) is 0 Å². The number of hydrogen-bond donors (Lipinski definition) is 2. The van der Waals surface area contributed by atoms with Gasteiger partial charge in [-0.3, -0.25) is 0 Å². The van der Waals surface area contributed by atoms with Crippen molar-refractivity contribution in [2.75, 3.05) is 30.8 Å². The zero-order valence-corrected chi connectivity index (χ0v) is 14.4. The van der Waals surface area contributed by atoms with E-state index in [9.17, 15) is 8.42 Å². The molecule has 6 heteroatoms. The Labute approximate surface area is 128 Å². The van der Waals surface area contributed by atoms with Gasteiger partial charge in [0.1, 0.15) is 4.90 Å². The molecule has 0 aliphatic carbocycles. The highest BCUT2D eigenvalue weighted by Crippen LogP contribution is 2.28. The highest BCUT2D eigenvalue weighted by Gasteiger charge is 2.22. The van der Waals surface area contributed by atoms with Crippen LogP contribution in [-0.2, 0) is 10.0 Å². The third-order valence-corrected chi connectivity index (χ3v) is 4.50. The Balaban J connectivity index is 3.36. The molecule has 0 bridgehead atoms. The van der Waals surface area contributed by atoms with Crippen LogP contribution in [0.2, 0.25) is 0 Å². The molecule has 0 fully saturated rings. The highest BCUT2D eigenvalue weighted by molar-refractivity contribution is 7.89. The molecular weight excluding hydrogens is 286 g/mol. The summed E-state index contributed by atoms with van der Waals surface area (Å²) in [5, 5.41) is 0. The van der Waals surface area contributed by atoms with E-state index < -0.39 is 10.0 Å². The van der Waals surface area contributed by atoms with Crippen LogP contribution in [0.1, 0.15) is 27.7 Å².